The van der Waals surface area contributed by atoms with Gasteiger partial charge in [-0.15, -0.1) is 0 Å². The number of aryl methyl sites for hydroxylation is 1. The van der Waals surface area contributed by atoms with Crippen LogP contribution in [0.25, 0.3) is 0 Å². The lowest BCUT2D eigenvalue weighted by Gasteiger charge is -2.11. The molecule has 0 fully saturated rings. The van der Waals surface area contributed by atoms with Gasteiger partial charge in [0.25, 0.3) is 11.8 Å². The van der Waals surface area contributed by atoms with E-state index in [1.165, 1.54) is 7.11 Å². The summed E-state index contributed by atoms with van der Waals surface area (Å²) in [6.45, 7) is 2.27. The highest BCUT2D eigenvalue weighted by atomic mass is 16.5. The maximum atomic E-state index is 12.4. The number of hydrazine groups is 1. The third kappa shape index (κ3) is 5.35. The summed E-state index contributed by atoms with van der Waals surface area (Å²) < 4.78 is 10.9. The first-order chi connectivity index (χ1) is 14.1. The van der Waals surface area contributed by atoms with E-state index >= 15 is 0 Å². The minimum atomic E-state index is -0.452. The molecule has 0 aliphatic rings. The van der Waals surface area contributed by atoms with Gasteiger partial charge < -0.3 is 9.47 Å². The highest BCUT2D eigenvalue weighted by Crippen LogP contribution is 2.19. The number of methoxy groups -OCH3 is 1. The molecule has 0 spiro atoms. The fourth-order valence-corrected chi connectivity index (χ4v) is 2.69. The van der Waals surface area contributed by atoms with Crippen molar-refractivity contribution in [2.75, 3.05) is 7.11 Å². The molecule has 0 radical (unpaired) electrons. The predicted molar refractivity (Wildman–Crippen MR) is 110 cm³/mol. The zero-order valence-corrected chi connectivity index (χ0v) is 16.3. The van der Waals surface area contributed by atoms with Crippen molar-refractivity contribution < 1.29 is 19.1 Å². The molecule has 148 valence electrons. The Labute approximate surface area is 169 Å². The molecule has 0 saturated carbocycles. The molecule has 0 bridgehead atoms. The number of amides is 2. The summed E-state index contributed by atoms with van der Waals surface area (Å²) in [4.78, 5) is 24.7. The topological polar surface area (TPSA) is 76.7 Å². The van der Waals surface area contributed by atoms with Gasteiger partial charge in [-0.2, -0.15) is 0 Å². The summed E-state index contributed by atoms with van der Waals surface area (Å²) >= 11 is 0. The second-order valence-corrected chi connectivity index (χ2v) is 6.41. The molecule has 6 nitrogen and oxygen atoms in total. The second kappa shape index (κ2) is 9.41. The van der Waals surface area contributed by atoms with E-state index in [1.54, 1.807) is 24.3 Å². The zero-order chi connectivity index (χ0) is 20.6. The van der Waals surface area contributed by atoms with Crippen LogP contribution in [0.5, 0.6) is 11.5 Å². The average molecular weight is 390 g/mol. The molecular weight excluding hydrogens is 368 g/mol. The van der Waals surface area contributed by atoms with Crippen molar-refractivity contribution >= 4 is 11.8 Å². The number of carbonyl (C=O) groups excluding carboxylic acids is 2. The Balaban J connectivity index is 1.55. The molecule has 3 aromatic carbocycles. The smallest absolute Gasteiger partial charge is 0.273 e. The number of hydrogen-bond acceptors (Lipinski definition) is 4. The van der Waals surface area contributed by atoms with E-state index in [0.29, 0.717) is 23.5 Å². The summed E-state index contributed by atoms with van der Waals surface area (Å²) in [5.41, 5.74) is 7.45. The molecule has 0 aromatic heterocycles. The van der Waals surface area contributed by atoms with Crippen molar-refractivity contribution in [2.45, 2.75) is 13.5 Å². The van der Waals surface area contributed by atoms with Crippen LogP contribution in [0, 0.1) is 6.92 Å². The van der Waals surface area contributed by atoms with Crippen molar-refractivity contribution in [3.63, 3.8) is 0 Å². The van der Waals surface area contributed by atoms with E-state index in [0.717, 1.165) is 16.9 Å². The molecule has 0 saturated heterocycles. The van der Waals surface area contributed by atoms with Crippen LogP contribution in [0.3, 0.4) is 0 Å². The number of ether oxygens (including phenoxy) is 2. The van der Waals surface area contributed by atoms with E-state index in [-0.39, 0.29) is 0 Å². The van der Waals surface area contributed by atoms with Crippen LogP contribution >= 0.6 is 0 Å². The molecule has 0 heterocycles. The van der Waals surface area contributed by atoms with Gasteiger partial charge in [0.15, 0.2) is 0 Å². The Morgan fingerprint density at radius 3 is 2.24 bits per heavy atom. The Bertz CT molecular complexity index is 986. The Hall–Kier alpha value is -3.80. The number of nitrogens with one attached hydrogen (secondary N) is 2. The molecular formula is C23H22N2O4. The second-order valence-electron chi connectivity index (χ2n) is 6.41. The van der Waals surface area contributed by atoms with Gasteiger partial charge in [0.05, 0.1) is 12.7 Å². The molecule has 0 aliphatic heterocycles. The van der Waals surface area contributed by atoms with Gasteiger partial charge in [-0.1, -0.05) is 42.0 Å². The summed E-state index contributed by atoms with van der Waals surface area (Å²) in [7, 11) is 1.49. The number of hydrogen-bond donors (Lipinski definition) is 2. The monoisotopic (exact) mass is 390 g/mol. The lowest BCUT2D eigenvalue weighted by atomic mass is 10.1. The van der Waals surface area contributed by atoms with Gasteiger partial charge in [-0.3, -0.25) is 20.4 Å². The summed E-state index contributed by atoms with van der Waals surface area (Å²) in [6, 6.07) is 21.7. The largest absolute Gasteiger partial charge is 0.496 e. The highest BCUT2D eigenvalue weighted by molar-refractivity contribution is 6.00. The Kier molecular flexibility index (Phi) is 6.47. The van der Waals surface area contributed by atoms with Crippen LogP contribution in [-0.4, -0.2) is 18.9 Å². The van der Waals surface area contributed by atoms with Crippen LogP contribution in [0.15, 0.2) is 72.8 Å². The third-order valence-corrected chi connectivity index (χ3v) is 4.25. The maximum absolute atomic E-state index is 12.4. The summed E-state index contributed by atoms with van der Waals surface area (Å²) in [5, 5.41) is 0. The van der Waals surface area contributed by atoms with Crippen molar-refractivity contribution in [3.8, 4) is 11.5 Å². The van der Waals surface area contributed by atoms with Gasteiger partial charge in [-0.25, -0.2) is 0 Å². The molecule has 0 unspecified atom stereocenters. The third-order valence-electron chi connectivity index (χ3n) is 4.25. The molecule has 6 heteroatoms. The van der Waals surface area contributed by atoms with Gasteiger partial charge in [0.2, 0.25) is 0 Å². The lowest BCUT2D eigenvalue weighted by Crippen LogP contribution is -2.41. The lowest BCUT2D eigenvalue weighted by molar-refractivity contribution is 0.0845. The molecule has 0 atom stereocenters. The first kappa shape index (κ1) is 19.9. The van der Waals surface area contributed by atoms with Crippen LogP contribution in [0.2, 0.25) is 0 Å². The van der Waals surface area contributed by atoms with E-state index in [1.807, 2.05) is 55.5 Å². The van der Waals surface area contributed by atoms with Gasteiger partial charge >= 0.3 is 0 Å². The highest BCUT2D eigenvalue weighted by Gasteiger charge is 2.14. The van der Waals surface area contributed by atoms with Crippen molar-refractivity contribution in [2.24, 2.45) is 0 Å². The minimum Gasteiger partial charge on any atom is -0.496 e. The number of benzene rings is 3. The molecule has 2 N–H and O–H groups in total. The summed E-state index contributed by atoms with van der Waals surface area (Å²) in [5.74, 6) is 0.348. The molecule has 2 amide bonds. The van der Waals surface area contributed by atoms with Crippen LogP contribution in [0.4, 0.5) is 0 Å². The predicted octanol–water partition coefficient (Wildman–Crippen LogP) is 3.66. The standard InChI is InChI=1S/C23H22N2O4/c1-16-8-13-21(28-2)20(14-16)23(27)25-24-22(26)18-11-9-17(10-12-18)15-29-19-6-4-3-5-7-19/h3-14H,15H2,1-2H3,(H,24,26)(H,25,27). The van der Waals surface area contributed by atoms with Gasteiger partial charge in [0, 0.05) is 5.56 Å². The summed E-state index contributed by atoms with van der Waals surface area (Å²) in [6.07, 6.45) is 0. The Morgan fingerprint density at radius 1 is 0.862 bits per heavy atom. The molecule has 0 aliphatic carbocycles. The maximum Gasteiger partial charge on any atom is 0.273 e. The number of carbonyl (C=O) groups is 2. The number of para-hydroxylation sites is 1. The number of rotatable bonds is 6. The quantitative estimate of drug-likeness (QED) is 0.630. The van der Waals surface area contributed by atoms with Crippen molar-refractivity contribution in [1.29, 1.82) is 0 Å². The fraction of sp³-hybridized carbons (Fsp3) is 0.130. The van der Waals surface area contributed by atoms with E-state index in [9.17, 15) is 9.59 Å². The van der Waals surface area contributed by atoms with Crippen LogP contribution in [0.1, 0.15) is 31.8 Å². The van der Waals surface area contributed by atoms with Gasteiger partial charge in [-0.05, 0) is 48.9 Å². The molecule has 3 aromatic rings. The average Bonchev–Trinajstić information content (AvgIpc) is 2.76. The van der Waals surface area contributed by atoms with E-state index < -0.39 is 11.8 Å². The zero-order valence-electron chi connectivity index (χ0n) is 16.3. The normalized spacial score (nSPS) is 10.1. The van der Waals surface area contributed by atoms with Crippen LogP contribution < -0.4 is 20.3 Å². The van der Waals surface area contributed by atoms with Crippen molar-refractivity contribution in [1.82, 2.24) is 10.9 Å². The molecule has 29 heavy (non-hydrogen) atoms. The first-order valence-corrected chi connectivity index (χ1v) is 9.09. The van der Waals surface area contributed by atoms with Gasteiger partial charge in [0.1, 0.15) is 18.1 Å². The molecule has 3 rings (SSSR count). The SMILES string of the molecule is COc1ccc(C)cc1C(=O)NNC(=O)c1ccc(COc2ccccc2)cc1. The minimum absolute atomic E-state index is 0.348. The first-order valence-electron chi connectivity index (χ1n) is 9.09. The van der Waals surface area contributed by atoms with E-state index in [4.69, 9.17) is 9.47 Å². The van der Waals surface area contributed by atoms with E-state index in [2.05, 4.69) is 10.9 Å². The Morgan fingerprint density at radius 2 is 1.55 bits per heavy atom. The van der Waals surface area contributed by atoms with Crippen LogP contribution in [-0.2, 0) is 6.61 Å². The fourth-order valence-electron chi connectivity index (χ4n) is 2.69. The van der Waals surface area contributed by atoms with Crippen molar-refractivity contribution in [3.05, 3.63) is 95.1 Å².